The number of nitrogens with one attached hydrogen (secondary N) is 2. The van der Waals surface area contributed by atoms with Gasteiger partial charge < -0.3 is 15.1 Å². The first-order valence-corrected chi connectivity index (χ1v) is 8.71. The first-order valence-electron chi connectivity index (χ1n) is 7.52. The van der Waals surface area contributed by atoms with Crippen molar-refractivity contribution in [1.29, 1.82) is 0 Å². The molecule has 3 heterocycles. The number of hydrogen-bond acceptors (Lipinski definition) is 4. The first kappa shape index (κ1) is 15.2. The number of halogens is 1. The Morgan fingerprint density at radius 2 is 2.25 bits per heavy atom. The van der Waals surface area contributed by atoms with E-state index in [0.717, 1.165) is 27.2 Å². The fourth-order valence-electron chi connectivity index (χ4n) is 2.66. The second-order valence-corrected chi connectivity index (χ2v) is 7.25. The van der Waals surface area contributed by atoms with Crippen molar-refractivity contribution < 1.29 is 9.63 Å². The normalized spacial score (nSPS) is 16.9. The smallest absolute Gasteiger partial charge is 0.264 e. The van der Waals surface area contributed by atoms with Gasteiger partial charge in [-0.25, -0.2) is 0 Å². The van der Waals surface area contributed by atoms with Crippen LogP contribution >= 0.6 is 22.9 Å². The van der Waals surface area contributed by atoms with E-state index in [1.54, 1.807) is 0 Å². The number of para-hydroxylation sites is 1. The zero-order valence-corrected chi connectivity index (χ0v) is 14.2. The number of aromatic nitrogens is 1. The minimum atomic E-state index is -0.592. The molecule has 122 valence electrons. The summed E-state index contributed by atoms with van der Waals surface area (Å²) >= 11 is 7.36. The van der Waals surface area contributed by atoms with Gasteiger partial charge in [0.15, 0.2) is 0 Å². The van der Waals surface area contributed by atoms with E-state index in [2.05, 4.69) is 15.5 Å². The highest BCUT2D eigenvalue weighted by molar-refractivity contribution is 7.18. The molecule has 1 atom stereocenters. The minimum absolute atomic E-state index is 0.171. The van der Waals surface area contributed by atoms with E-state index in [0.29, 0.717) is 17.3 Å². The van der Waals surface area contributed by atoms with Crippen molar-refractivity contribution in [3.8, 4) is 0 Å². The molecule has 2 N–H and O–H groups in total. The molecule has 1 aliphatic heterocycles. The lowest BCUT2D eigenvalue weighted by atomic mass is 10.1. The highest BCUT2D eigenvalue weighted by Gasteiger charge is 2.29. The molecule has 0 saturated heterocycles. The van der Waals surface area contributed by atoms with E-state index >= 15 is 0 Å². The zero-order chi connectivity index (χ0) is 16.5. The topological polar surface area (TPSA) is 66.5 Å². The Hall–Kier alpha value is -2.31. The summed E-state index contributed by atoms with van der Waals surface area (Å²) in [5.41, 5.74) is 2.77. The van der Waals surface area contributed by atoms with Gasteiger partial charge in [-0.15, -0.1) is 11.3 Å². The lowest BCUT2D eigenvalue weighted by Crippen LogP contribution is -2.34. The Bertz CT molecular complexity index is 898. The van der Waals surface area contributed by atoms with Gasteiger partial charge in [0.25, 0.3) is 5.91 Å². The van der Waals surface area contributed by atoms with Crippen LogP contribution in [0.25, 0.3) is 10.9 Å². The van der Waals surface area contributed by atoms with Crippen LogP contribution in [0.4, 0.5) is 0 Å². The average molecular weight is 360 g/mol. The molecule has 2 aromatic heterocycles. The van der Waals surface area contributed by atoms with E-state index in [1.165, 1.54) is 11.3 Å². The maximum Gasteiger partial charge on any atom is 0.264 e. The Morgan fingerprint density at radius 1 is 1.38 bits per heavy atom. The van der Waals surface area contributed by atoms with Gasteiger partial charge in [-0.2, -0.15) is 0 Å². The minimum Gasteiger partial charge on any atom is -0.382 e. The number of benzene rings is 1. The third-order valence-corrected chi connectivity index (χ3v) is 5.14. The summed E-state index contributed by atoms with van der Waals surface area (Å²) in [6.45, 7) is 0.424. The Balaban J connectivity index is 1.35. The maximum atomic E-state index is 12.3. The number of aromatic amines is 1. The molecule has 1 aromatic carbocycles. The van der Waals surface area contributed by atoms with Crippen molar-refractivity contribution in [2.45, 2.75) is 19.1 Å². The number of nitrogens with zero attached hydrogens (tertiary/aromatic N) is 1. The van der Waals surface area contributed by atoms with Crippen LogP contribution in [0.5, 0.6) is 0 Å². The van der Waals surface area contributed by atoms with Crippen LogP contribution < -0.4 is 5.32 Å². The quantitative estimate of drug-likeness (QED) is 0.746. The average Bonchev–Trinajstić information content (AvgIpc) is 3.30. The predicted molar refractivity (Wildman–Crippen MR) is 95.5 cm³/mol. The molecule has 0 fully saturated rings. The highest BCUT2D eigenvalue weighted by atomic mass is 35.5. The van der Waals surface area contributed by atoms with Crippen molar-refractivity contribution in [3.63, 3.8) is 0 Å². The number of carbonyl (C=O) groups is 1. The van der Waals surface area contributed by atoms with E-state index in [9.17, 15) is 4.79 Å². The van der Waals surface area contributed by atoms with E-state index in [-0.39, 0.29) is 5.91 Å². The Labute approximate surface area is 147 Å². The zero-order valence-electron chi connectivity index (χ0n) is 12.6. The van der Waals surface area contributed by atoms with Gasteiger partial charge in [-0.05, 0) is 29.7 Å². The van der Waals surface area contributed by atoms with Gasteiger partial charge in [0.05, 0.1) is 15.8 Å². The monoisotopic (exact) mass is 359 g/mol. The number of fused-ring (bicyclic) bond motifs is 1. The van der Waals surface area contributed by atoms with Crippen LogP contribution in [-0.4, -0.2) is 22.7 Å². The van der Waals surface area contributed by atoms with Crippen molar-refractivity contribution in [3.05, 3.63) is 57.4 Å². The molecular formula is C17H14ClN3O2S. The molecule has 24 heavy (non-hydrogen) atoms. The summed E-state index contributed by atoms with van der Waals surface area (Å²) < 4.78 is 0.694. The standard InChI is InChI=1S/C17H14ClN3O2S/c18-16-6-5-15(24-16)13-8-14(23-21-13)17(22)19-9-11-7-10-3-1-2-4-12(10)20-11/h1-7,14,20H,8-9H2,(H,19,22). The summed E-state index contributed by atoms with van der Waals surface area (Å²) in [6, 6.07) is 13.7. The number of carbonyl (C=O) groups excluding carboxylic acids is 1. The molecule has 0 bridgehead atoms. The molecule has 7 heteroatoms. The largest absolute Gasteiger partial charge is 0.382 e. The van der Waals surface area contributed by atoms with Crippen LogP contribution in [0.3, 0.4) is 0 Å². The highest BCUT2D eigenvalue weighted by Crippen LogP contribution is 2.26. The number of thiophene rings is 1. The van der Waals surface area contributed by atoms with Crippen LogP contribution in [0.2, 0.25) is 4.34 Å². The van der Waals surface area contributed by atoms with Gasteiger partial charge in [0.1, 0.15) is 5.71 Å². The maximum absolute atomic E-state index is 12.3. The van der Waals surface area contributed by atoms with Crippen molar-refractivity contribution in [2.75, 3.05) is 0 Å². The summed E-state index contributed by atoms with van der Waals surface area (Å²) in [6.07, 6.45) is -0.139. The second kappa shape index (κ2) is 6.30. The molecule has 3 aromatic rings. The van der Waals surface area contributed by atoms with Crippen LogP contribution in [0.1, 0.15) is 17.0 Å². The number of H-pyrrole nitrogens is 1. The lowest BCUT2D eigenvalue weighted by molar-refractivity contribution is -0.131. The summed E-state index contributed by atoms with van der Waals surface area (Å²) in [7, 11) is 0. The molecule has 0 saturated carbocycles. The molecule has 4 rings (SSSR count). The SMILES string of the molecule is O=C(NCc1cc2ccccc2[nH]1)C1CC(c2ccc(Cl)s2)=NO1. The molecule has 0 radical (unpaired) electrons. The fraction of sp³-hybridized carbons (Fsp3) is 0.176. The molecule has 5 nitrogen and oxygen atoms in total. The molecule has 1 aliphatic rings. The van der Waals surface area contributed by atoms with Crippen LogP contribution in [0.15, 0.2) is 47.6 Å². The van der Waals surface area contributed by atoms with Crippen LogP contribution in [0, 0.1) is 0 Å². The van der Waals surface area contributed by atoms with E-state index < -0.39 is 6.10 Å². The third-order valence-electron chi connectivity index (χ3n) is 3.86. The van der Waals surface area contributed by atoms with E-state index in [4.69, 9.17) is 16.4 Å². The van der Waals surface area contributed by atoms with Gasteiger partial charge in [0.2, 0.25) is 6.10 Å². The lowest BCUT2D eigenvalue weighted by Gasteiger charge is -2.08. The van der Waals surface area contributed by atoms with Crippen molar-refractivity contribution in [2.24, 2.45) is 5.16 Å². The van der Waals surface area contributed by atoms with Gasteiger partial charge >= 0.3 is 0 Å². The Morgan fingerprint density at radius 3 is 3.04 bits per heavy atom. The third kappa shape index (κ3) is 3.02. The summed E-state index contributed by atoms with van der Waals surface area (Å²) in [5.74, 6) is -0.171. The van der Waals surface area contributed by atoms with Crippen molar-refractivity contribution >= 4 is 45.5 Å². The number of amides is 1. The second-order valence-electron chi connectivity index (χ2n) is 5.54. The summed E-state index contributed by atoms with van der Waals surface area (Å²) in [5, 5.41) is 8.02. The molecule has 0 aliphatic carbocycles. The first-order chi connectivity index (χ1) is 11.7. The predicted octanol–water partition coefficient (Wildman–Crippen LogP) is 3.69. The molecule has 1 amide bonds. The van der Waals surface area contributed by atoms with Crippen LogP contribution in [-0.2, 0) is 16.2 Å². The van der Waals surface area contributed by atoms with E-state index in [1.807, 2.05) is 42.5 Å². The van der Waals surface area contributed by atoms with Gasteiger partial charge in [-0.1, -0.05) is 35.0 Å². The molecule has 1 unspecified atom stereocenters. The van der Waals surface area contributed by atoms with Gasteiger partial charge in [0, 0.05) is 17.6 Å². The van der Waals surface area contributed by atoms with Crippen molar-refractivity contribution in [1.82, 2.24) is 10.3 Å². The molecular weight excluding hydrogens is 346 g/mol. The number of oxime groups is 1. The number of hydrogen-bond donors (Lipinski definition) is 2. The number of rotatable bonds is 4. The summed E-state index contributed by atoms with van der Waals surface area (Å²) in [4.78, 5) is 21.8. The van der Waals surface area contributed by atoms with Gasteiger partial charge in [-0.3, -0.25) is 4.79 Å². The Kier molecular flexibility index (Phi) is 4.00. The fourth-order valence-corrected chi connectivity index (χ4v) is 3.69. The molecule has 0 spiro atoms.